The van der Waals surface area contributed by atoms with E-state index in [4.69, 9.17) is 23.2 Å². The summed E-state index contributed by atoms with van der Waals surface area (Å²) in [6, 6.07) is 6.62. The summed E-state index contributed by atoms with van der Waals surface area (Å²) in [4.78, 5) is 41.1. The van der Waals surface area contributed by atoms with Crippen LogP contribution in [0.4, 0.5) is 0 Å². The van der Waals surface area contributed by atoms with E-state index in [0.29, 0.717) is 11.1 Å². The first kappa shape index (κ1) is 15.8. The molecule has 0 radical (unpaired) electrons. The van der Waals surface area contributed by atoms with Crippen molar-refractivity contribution in [1.82, 2.24) is 0 Å². The number of halogens is 2. The Morgan fingerprint density at radius 1 is 1.17 bits per heavy atom. The molecule has 4 nitrogen and oxygen atoms in total. The van der Waals surface area contributed by atoms with Gasteiger partial charge in [-0.25, -0.2) is 4.99 Å². The van der Waals surface area contributed by atoms with Crippen molar-refractivity contribution >= 4 is 46.4 Å². The number of ketones is 2. The molecule has 1 atom stereocenters. The molecule has 1 amide bonds. The lowest BCUT2D eigenvalue weighted by Crippen LogP contribution is -2.28. The molecule has 1 unspecified atom stereocenters. The smallest absolute Gasteiger partial charge is 0.265 e. The second kappa shape index (κ2) is 6.22. The van der Waals surface area contributed by atoms with Crippen LogP contribution in [0.3, 0.4) is 0 Å². The number of carbonyl (C=O) groups is 3. The Bertz CT molecular complexity index is 821. The molecule has 2 aliphatic rings. The number of hydrogen-bond acceptors (Lipinski definition) is 3. The van der Waals surface area contributed by atoms with Gasteiger partial charge in [-0.2, -0.15) is 0 Å². The zero-order valence-electron chi connectivity index (χ0n) is 11.9. The predicted octanol–water partition coefficient (Wildman–Crippen LogP) is 3.14. The standard InChI is InChI=1S/C17H11Cl2NO3/c18-8-12(19)17(23)20-13-7-3-6-11-14(13)16(22)10-5-2-1-4-9(10)15(11)21/h1-6,12H,7-8H2. The fourth-order valence-electron chi connectivity index (χ4n) is 2.60. The number of benzene rings is 1. The second-order valence-corrected chi connectivity index (χ2v) is 5.95. The summed E-state index contributed by atoms with van der Waals surface area (Å²) in [7, 11) is 0. The number of amides is 1. The third-order valence-corrected chi connectivity index (χ3v) is 4.50. The van der Waals surface area contributed by atoms with E-state index in [0.717, 1.165) is 0 Å². The Kier molecular flexibility index (Phi) is 4.28. The van der Waals surface area contributed by atoms with E-state index in [1.54, 1.807) is 36.4 Å². The first-order valence-electron chi connectivity index (χ1n) is 6.95. The Morgan fingerprint density at radius 2 is 1.83 bits per heavy atom. The topological polar surface area (TPSA) is 63.6 Å². The van der Waals surface area contributed by atoms with E-state index in [1.807, 2.05) is 0 Å². The first-order valence-corrected chi connectivity index (χ1v) is 7.92. The molecule has 1 aromatic carbocycles. The summed E-state index contributed by atoms with van der Waals surface area (Å²) in [6.07, 6.45) is 3.60. The van der Waals surface area contributed by atoms with Gasteiger partial charge in [0, 0.05) is 29.0 Å². The van der Waals surface area contributed by atoms with E-state index in [9.17, 15) is 14.4 Å². The molecule has 116 valence electrons. The van der Waals surface area contributed by atoms with Crippen LogP contribution >= 0.6 is 23.2 Å². The minimum atomic E-state index is -0.958. The van der Waals surface area contributed by atoms with Gasteiger partial charge in [-0.3, -0.25) is 14.4 Å². The molecule has 3 rings (SSSR count). The maximum absolute atomic E-state index is 12.7. The van der Waals surface area contributed by atoms with Crippen LogP contribution in [0, 0.1) is 0 Å². The van der Waals surface area contributed by atoms with Gasteiger partial charge in [0.15, 0.2) is 11.6 Å². The number of Topliss-reactive ketones (excluding diaryl/α,β-unsaturated/α-hetero) is 2. The van der Waals surface area contributed by atoms with E-state index >= 15 is 0 Å². The number of carbonyl (C=O) groups excluding carboxylic acids is 3. The van der Waals surface area contributed by atoms with E-state index in [1.165, 1.54) is 0 Å². The molecule has 0 fully saturated rings. The van der Waals surface area contributed by atoms with Crippen LogP contribution < -0.4 is 0 Å². The zero-order chi connectivity index (χ0) is 16.6. The number of hydrogen-bond donors (Lipinski definition) is 0. The van der Waals surface area contributed by atoms with Crippen LogP contribution in [0.1, 0.15) is 27.1 Å². The highest BCUT2D eigenvalue weighted by atomic mass is 35.5. The summed E-state index contributed by atoms with van der Waals surface area (Å²) in [6.45, 7) is 0. The second-order valence-electron chi connectivity index (χ2n) is 5.12. The van der Waals surface area contributed by atoms with Crippen molar-refractivity contribution in [3.63, 3.8) is 0 Å². The molecule has 0 aliphatic heterocycles. The number of aliphatic imine (C=N–C) groups is 1. The highest BCUT2D eigenvalue weighted by Crippen LogP contribution is 2.31. The van der Waals surface area contributed by atoms with Gasteiger partial charge in [0.2, 0.25) is 0 Å². The Labute approximate surface area is 142 Å². The molecule has 23 heavy (non-hydrogen) atoms. The molecule has 0 saturated heterocycles. The molecule has 0 heterocycles. The van der Waals surface area contributed by atoms with Crippen LogP contribution in [0.5, 0.6) is 0 Å². The van der Waals surface area contributed by atoms with Gasteiger partial charge in [-0.05, 0) is 0 Å². The minimum absolute atomic E-state index is 0.0748. The predicted molar refractivity (Wildman–Crippen MR) is 88.7 cm³/mol. The van der Waals surface area contributed by atoms with Crippen molar-refractivity contribution in [2.75, 3.05) is 5.88 Å². The summed E-state index contributed by atoms with van der Waals surface area (Å²) >= 11 is 11.3. The highest BCUT2D eigenvalue weighted by molar-refractivity contribution is 6.41. The molecule has 2 aliphatic carbocycles. The fraction of sp³-hybridized carbons (Fsp3) is 0.176. The Balaban J connectivity index is 2.11. The van der Waals surface area contributed by atoms with Crippen LogP contribution in [-0.2, 0) is 4.79 Å². The third-order valence-electron chi connectivity index (χ3n) is 3.69. The average molecular weight is 348 g/mol. The maximum atomic E-state index is 12.7. The molecule has 0 N–H and O–H groups in total. The molecule has 0 saturated carbocycles. The largest absolute Gasteiger partial charge is 0.289 e. The zero-order valence-corrected chi connectivity index (χ0v) is 13.4. The summed E-state index contributed by atoms with van der Waals surface area (Å²) < 4.78 is 0. The van der Waals surface area contributed by atoms with Crippen LogP contribution in [0.25, 0.3) is 0 Å². The van der Waals surface area contributed by atoms with Crippen molar-refractivity contribution in [2.45, 2.75) is 11.8 Å². The summed E-state index contributed by atoms with van der Waals surface area (Å²) in [5.74, 6) is -1.23. The normalized spacial score (nSPS) is 19.7. The number of fused-ring (bicyclic) bond motifs is 1. The molecule has 0 bridgehead atoms. The van der Waals surface area contributed by atoms with Crippen molar-refractivity contribution in [3.05, 3.63) is 58.7 Å². The van der Waals surface area contributed by atoms with Crippen molar-refractivity contribution < 1.29 is 14.4 Å². The number of allylic oxidation sites excluding steroid dienone is 4. The number of nitrogens with zero attached hydrogens (tertiary/aromatic N) is 1. The number of rotatable bonds is 2. The van der Waals surface area contributed by atoms with Crippen LogP contribution in [-0.4, -0.2) is 34.4 Å². The van der Waals surface area contributed by atoms with Gasteiger partial charge in [-0.1, -0.05) is 36.4 Å². The fourth-order valence-corrected chi connectivity index (χ4v) is 2.78. The summed E-state index contributed by atoms with van der Waals surface area (Å²) in [5, 5.41) is -0.958. The van der Waals surface area contributed by atoms with Gasteiger partial charge in [0.25, 0.3) is 5.91 Å². The van der Waals surface area contributed by atoms with Gasteiger partial charge in [0.1, 0.15) is 5.38 Å². The Hall–Kier alpha value is -2.04. The van der Waals surface area contributed by atoms with E-state index < -0.39 is 11.3 Å². The van der Waals surface area contributed by atoms with Crippen molar-refractivity contribution in [3.8, 4) is 0 Å². The third kappa shape index (κ3) is 2.69. The molecule has 0 aromatic heterocycles. The lowest BCUT2D eigenvalue weighted by molar-refractivity contribution is -0.117. The Morgan fingerprint density at radius 3 is 2.48 bits per heavy atom. The van der Waals surface area contributed by atoms with Crippen molar-refractivity contribution in [1.29, 1.82) is 0 Å². The number of alkyl halides is 2. The summed E-state index contributed by atoms with van der Waals surface area (Å²) in [5.41, 5.74) is 1.40. The minimum Gasteiger partial charge on any atom is -0.289 e. The van der Waals surface area contributed by atoms with E-state index in [2.05, 4.69) is 4.99 Å². The average Bonchev–Trinajstić information content (AvgIpc) is 2.58. The first-order chi connectivity index (χ1) is 11.0. The molecule has 0 spiro atoms. The molecule has 6 heteroatoms. The van der Waals surface area contributed by atoms with E-state index in [-0.39, 0.29) is 40.7 Å². The lowest BCUT2D eigenvalue weighted by atomic mass is 9.79. The molecular formula is C17H11Cl2NO3. The van der Waals surface area contributed by atoms with Gasteiger partial charge < -0.3 is 0 Å². The van der Waals surface area contributed by atoms with Gasteiger partial charge in [0.05, 0.1) is 11.3 Å². The van der Waals surface area contributed by atoms with Gasteiger partial charge in [-0.15, -0.1) is 23.2 Å². The quantitative estimate of drug-likeness (QED) is 0.772. The lowest BCUT2D eigenvalue weighted by Gasteiger charge is -2.22. The molecular weight excluding hydrogens is 337 g/mol. The van der Waals surface area contributed by atoms with Crippen LogP contribution in [0.15, 0.2) is 52.6 Å². The maximum Gasteiger partial charge on any atom is 0.265 e. The van der Waals surface area contributed by atoms with Crippen LogP contribution in [0.2, 0.25) is 0 Å². The molecule has 1 aromatic rings. The SMILES string of the molecule is O=C1C2=C(C(=O)c3ccccc31)C(=NC(=O)C(Cl)CCl)CC=C2. The van der Waals surface area contributed by atoms with Crippen molar-refractivity contribution in [2.24, 2.45) is 4.99 Å². The van der Waals surface area contributed by atoms with Gasteiger partial charge >= 0.3 is 0 Å². The monoisotopic (exact) mass is 347 g/mol. The highest BCUT2D eigenvalue weighted by Gasteiger charge is 2.34.